The summed E-state index contributed by atoms with van der Waals surface area (Å²) in [5.74, 6) is -1.25. The van der Waals surface area contributed by atoms with Crippen molar-refractivity contribution in [2.24, 2.45) is 0 Å². The number of carbonyl (C=O) groups excluding carboxylic acids is 3. The van der Waals surface area contributed by atoms with Crippen molar-refractivity contribution in [2.45, 2.75) is 32.5 Å². The molecule has 0 aliphatic rings. The van der Waals surface area contributed by atoms with Gasteiger partial charge in [0, 0.05) is 39.0 Å². The monoisotopic (exact) mass is 485 g/mol. The Hall–Kier alpha value is -4.08. The maximum atomic E-state index is 12.5. The molecule has 0 aromatic heterocycles. The molecular formula is C25H31N3O7. The predicted molar refractivity (Wildman–Crippen MR) is 127 cm³/mol. The average Bonchev–Trinajstić information content (AvgIpc) is 2.86. The van der Waals surface area contributed by atoms with E-state index in [0.717, 1.165) is 11.1 Å². The van der Waals surface area contributed by atoms with Gasteiger partial charge in [-0.3, -0.25) is 9.59 Å². The molecule has 2 aromatic rings. The number of carboxylic acids is 1. The highest BCUT2D eigenvalue weighted by atomic mass is 16.6. The zero-order valence-electron chi connectivity index (χ0n) is 19.5. The summed E-state index contributed by atoms with van der Waals surface area (Å²) in [7, 11) is 0. The molecule has 0 bridgehead atoms. The fourth-order valence-corrected chi connectivity index (χ4v) is 3.04. The second-order valence-electron chi connectivity index (χ2n) is 7.61. The molecule has 35 heavy (non-hydrogen) atoms. The average molecular weight is 486 g/mol. The van der Waals surface area contributed by atoms with Gasteiger partial charge in [0.15, 0.2) is 0 Å². The Labute approximate surface area is 204 Å². The molecule has 0 saturated carbocycles. The lowest BCUT2D eigenvalue weighted by molar-refractivity contribution is -0.137. The maximum absolute atomic E-state index is 12.5. The number of rotatable bonds is 14. The van der Waals surface area contributed by atoms with E-state index in [2.05, 4.69) is 10.6 Å². The van der Waals surface area contributed by atoms with Crippen LogP contribution in [0.25, 0.3) is 0 Å². The molecule has 3 N–H and O–H groups in total. The Morgan fingerprint density at radius 3 is 1.60 bits per heavy atom. The summed E-state index contributed by atoms with van der Waals surface area (Å²) in [6.45, 7) is 0.868. The largest absolute Gasteiger partial charge is 0.481 e. The van der Waals surface area contributed by atoms with Gasteiger partial charge in [-0.15, -0.1) is 0 Å². The Balaban J connectivity index is 1.74. The number of hydrogen-bond donors (Lipinski definition) is 3. The van der Waals surface area contributed by atoms with Crippen LogP contribution in [0.15, 0.2) is 60.7 Å². The SMILES string of the molecule is O=C(O)CCCC(=O)N(CCNC(=O)OCc1ccccc1)CCNC(=O)OCc1ccccc1. The van der Waals surface area contributed by atoms with Gasteiger partial charge >= 0.3 is 18.2 Å². The van der Waals surface area contributed by atoms with E-state index >= 15 is 0 Å². The highest BCUT2D eigenvalue weighted by Crippen LogP contribution is 2.03. The number of nitrogens with zero attached hydrogens (tertiary/aromatic N) is 1. The highest BCUT2D eigenvalue weighted by molar-refractivity contribution is 5.77. The molecule has 2 rings (SSSR count). The van der Waals surface area contributed by atoms with Crippen molar-refractivity contribution < 1.29 is 33.8 Å². The van der Waals surface area contributed by atoms with Crippen LogP contribution >= 0.6 is 0 Å². The van der Waals surface area contributed by atoms with Gasteiger partial charge in [0.2, 0.25) is 5.91 Å². The van der Waals surface area contributed by atoms with Gasteiger partial charge in [-0.1, -0.05) is 60.7 Å². The fraction of sp³-hybridized carbons (Fsp3) is 0.360. The molecule has 0 unspecified atom stereocenters. The van der Waals surface area contributed by atoms with Crippen LogP contribution in [0.3, 0.4) is 0 Å². The highest BCUT2D eigenvalue weighted by Gasteiger charge is 2.15. The quantitative estimate of drug-likeness (QED) is 0.374. The fourth-order valence-electron chi connectivity index (χ4n) is 3.04. The smallest absolute Gasteiger partial charge is 0.407 e. The van der Waals surface area contributed by atoms with Crippen molar-refractivity contribution in [3.63, 3.8) is 0 Å². The minimum Gasteiger partial charge on any atom is -0.481 e. The lowest BCUT2D eigenvalue weighted by Gasteiger charge is -2.23. The molecule has 3 amide bonds. The van der Waals surface area contributed by atoms with Gasteiger partial charge in [0.1, 0.15) is 13.2 Å². The van der Waals surface area contributed by atoms with E-state index in [4.69, 9.17) is 14.6 Å². The number of carboxylic acid groups (broad SMARTS) is 1. The van der Waals surface area contributed by atoms with Gasteiger partial charge in [-0.05, 0) is 17.5 Å². The minimum atomic E-state index is -0.977. The van der Waals surface area contributed by atoms with Crippen LogP contribution in [0, 0.1) is 0 Å². The van der Waals surface area contributed by atoms with Crippen molar-refractivity contribution in [2.75, 3.05) is 26.2 Å². The number of aliphatic carboxylic acids is 1. The lowest BCUT2D eigenvalue weighted by atomic mass is 10.2. The predicted octanol–water partition coefficient (Wildman–Crippen LogP) is 2.92. The first-order valence-corrected chi connectivity index (χ1v) is 11.3. The van der Waals surface area contributed by atoms with E-state index in [1.54, 1.807) is 0 Å². The molecular weight excluding hydrogens is 454 g/mol. The number of ether oxygens (including phenoxy) is 2. The third-order valence-electron chi connectivity index (χ3n) is 4.86. The van der Waals surface area contributed by atoms with Crippen LogP contribution in [0.2, 0.25) is 0 Å². The first-order chi connectivity index (χ1) is 16.9. The number of amides is 3. The van der Waals surface area contributed by atoms with E-state index in [-0.39, 0.29) is 64.6 Å². The topological polar surface area (TPSA) is 134 Å². The van der Waals surface area contributed by atoms with Crippen LogP contribution in [0.1, 0.15) is 30.4 Å². The van der Waals surface area contributed by atoms with Crippen LogP contribution in [0.5, 0.6) is 0 Å². The van der Waals surface area contributed by atoms with E-state index in [1.165, 1.54) is 4.90 Å². The normalized spacial score (nSPS) is 10.2. The Morgan fingerprint density at radius 2 is 1.17 bits per heavy atom. The van der Waals surface area contributed by atoms with E-state index < -0.39 is 18.2 Å². The second-order valence-corrected chi connectivity index (χ2v) is 7.61. The summed E-state index contributed by atoms with van der Waals surface area (Å²) >= 11 is 0. The summed E-state index contributed by atoms with van der Waals surface area (Å²) in [6, 6.07) is 18.4. The Kier molecular flexibility index (Phi) is 12.2. The second kappa shape index (κ2) is 15.7. The summed E-state index contributed by atoms with van der Waals surface area (Å²) < 4.78 is 10.3. The molecule has 10 nitrogen and oxygen atoms in total. The molecule has 0 saturated heterocycles. The first kappa shape index (κ1) is 27.2. The van der Waals surface area contributed by atoms with Crippen molar-refractivity contribution >= 4 is 24.1 Å². The molecule has 0 spiro atoms. The Morgan fingerprint density at radius 1 is 0.714 bits per heavy atom. The summed E-state index contributed by atoms with van der Waals surface area (Å²) in [4.78, 5) is 48.6. The molecule has 0 aliphatic carbocycles. The molecule has 10 heteroatoms. The van der Waals surface area contributed by atoms with Gasteiger partial charge < -0.3 is 30.1 Å². The number of benzene rings is 2. The number of carbonyl (C=O) groups is 4. The van der Waals surface area contributed by atoms with Crippen molar-refractivity contribution in [1.82, 2.24) is 15.5 Å². The molecule has 0 fully saturated rings. The van der Waals surface area contributed by atoms with E-state index in [9.17, 15) is 19.2 Å². The number of nitrogens with one attached hydrogen (secondary N) is 2. The zero-order valence-corrected chi connectivity index (χ0v) is 19.5. The van der Waals surface area contributed by atoms with Crippen LogP contribution in [-0.4, -0.2) is 60.2 Å². The van der Waals surface area contributed by atoms with Crippen molar-refractivity contribution in [3.05, 3.63) is 71.8 Å². The summed E-state index contributed by atoms with van der Waals surface area (Å²) in [5, 5.41) is 14.0. The minimum absolute atomic E-state index is 0.0448. The molecule has 0 atom stereocenters. The molecule has 0 radical (unpaired) electrons. The van der Waals surface area contributed by atoms with Crippen LogP contribution in [-0.2, 0) is 32.3 Å². The third kappa shape index (κ3) is 12.1. The third-order valence-corrected chi connectivity index (χ3v) is 4.86. The van der Waals surface area contributed by atoms with E-state index in [1.807, 2.05) is 60.7 Å². The van der Waals surface area contributed by atoms with Crippen molar-refractivity contribution in [3.8, 4) is 0 Å². The number of alkyl carbamates (subject to hydrolysis) is 2. The van der Waals surface area contributed by atoms with Gasteiger partial charge in [-0.25, -0.2) is 9.59 Å². The summed E-state index contributed by atoms with van der Waals surface area (Å²) in [5.41, 5.74) is 1.70. The zero-order chi connectivity index (χ0) is 25.3. The lowest BCUT2D eigenvalue weighted by Crippen LogP contribution is -2.42. The number of hydrogen-bond acceptors (Lipinski definition) is 6. The molecule has 0 aliphatic heterocycles. The Bertz CT molecular complexity index is 877. The van der Waals surface area contributed by atoms with Crippen LogP contribution < -0.4 is 10.6 Å². The molecule has 0 heterocycles. The standard InChI is InChI=1S/C25H31N3O7/c29-22(12-7-13-23(30)31)28(16-14-26-24(32)34-18-20-8-3-1-4-9-20)17-15-27-25(33)35-19-21-10-5-2-6-11-21/h1-6,8-11H,7,12-19H2,(H,26,32)(H,27,33)(H,30,31). The van der Waals surface area contributed by atoms with Crippen molar-refractivity contribution in [1.29, 1.82) is 0 Å². The van der Waals surface area contributed by atoms with Gasteiger partial charge in [-0.2, -0.15) is 0 Å². The van der Waals surface area contributed by atoms with Gasteiger partial charge in [0.05, 0.1) is 0 Å². The van der Waals surface area contributed by atoms with Gasteiger partial charge in [0.25, 0.3) is 0 Å². The maximum Gasteiger partial charge on any atom is 0.407 e. The van der Waals surface area contributed by atoms with Crippen LogP contribution in [0.4, 0.5) is 9.59 Å². The van der Waals surface area contributed by atoms with E-state index in [0.29, 0.717) is 0 Å². The first-order valence-electron chi connectivity index (χ1n) is 11.3. The molecule has 188 valence electrons. The summed E-state index contributed by atoms with van der Waals surface area (Å²) in [6.07, 6.45) is -1.11. The molecule has 2 aromatic carbocycles.